The van der Waals surface area contributed by atoms with Crippen LogP contribution in [0.3, 0.4) is 0 Å². The van der Waals surface area contributed by atoms with Crippen LogP contribution in [0.4, 0.5) is 5.69 Å². The summed E-state index contributed by atoms with van der Waals surface area (Å²) in [5, 5.41) is 3.54. The average molecular weight is 508 g/mol. The molecular weight excluding hydrogens is 486 g/mol. The first-order chi connectivity index (χ1) is 16.0. The van der Waals surface area contributed by atoms with E-state index in [0.29, 0.717) is 29.0 Å². The minimum Gasteiger partial charge on any atom is -0.489 e. The first kappa shape index (κ1) is 22.6. The average Bonchev–Trinajstić information content (AvgIpc) is 3.25. The molecule has 0 bridgehead atoms. The molecule has 0 spiro atoms. The number of benzene rings is 3. The predicted molar refractivity (Wildman–Crippen MR) is 130 cm³/mol. The van der Waals surface area contributed by atoms with Crippen molar-refractivity contribution in [2.75, 3.05) is 10.6 Å². The second kappa shape index (κ2) is 10.4. The number of anilines is 1. The molecule has 0 saturated carbocycles. The van der Waals surface area contributed by atoms with E-state index in [1.54, 1.807) is 18.2 Å². The number of ether oxygens (including phenoxy) is 2. The van der Waals surface area contributed by atoms with Gasteiger partial charge in [0.05, 0.1) is 10.7 Å². The lowest BCUT2D eigenvalue weighted by atomic mass is 10.2. The van der Waals surface area contributed by atoms with Gasteiger partial charge in [-0.3, -0.25) is 9.59 Å². The molecule has 0 aliphatic heterocycles. The molecule has 0 unspecified atom stereocenters. The van der Waals surface area contributed by atoms with E-state index in [0.717, 1.165) is 16.9 Å². The van der Waals surface area contributed by atoms with Gasteiger partial charge in [0.15, 0.2) is 5.76 Å². The maximum absolute atomic E-state index is 12.1. The first-order valence-electron chi connectivity index (χ1n) is 10.3. The number of rotatable bonds is 9. The smallest absolute Gasteiger partial charge is 0.221 e. The molecule has 3 aromatic carbocycles. The number of hydrogen-bond donors (Lipinski definition) is 1. The molecule has 0 fully saturated rings. The van der Waals surface area contributed by atoms with Crippen molar-refractivity contribution in [3.05, 3.63) is 89.7 Å². The van der Waals surface area contributed by atoms with Crippen molar-refractivity contribution < 1.29 is 23.5 Å². The van der Waals surface area contributed by atoms with Crippen LogP contribution in [0.1, 0.15) is 28.6 Å². The summed E-state index contributed by atoms with van der Waals surface area (Å²) < 4.78 is 17.7. The number of Topliss-reactive ketones (excluding diaryl/α,β-unsaturated/α-hetero) is 1. The highest BCUT2D eigenvalue weighted by molar-refractivity contribution is 9.09. The monoisotopic (exact) mass is 507 g/mol. The van der Waals surface area contributed by atoms with Crippen LogP contribution >= 0.6 is 15.9 Å². The van der Waals surface area contributed by atoms with E-state index < -0.39 is 0 Å². The molecule has 33 heavy (non-hydrogen) atoms. The van der Waals surface area contributed by atoms with Crippen LogP contribution in [0.5, 0.6) is 11.5 Å². The molecule has 0 atom stereocenters. The number of carbonyl (C=O) groups is 2. The highest BCUT2D eigenvalue weighted by atomic mass is 79.9. The molecule has 168 valence electrons. The molecule has 1 aromatic heterocycles. The highest BCUT2D eigenvalue weighted by Gasteiger charge is 2.16. The van der Waals surface area contributed by atoms with Crippen molar-refractivity contribution in [2.45, 2.75) is 20.1 Å². The van der Waals surface area contributed by atoms with E-state index in [1.807, 2.05) is 54.6 Å². The zero-order chi connectivity index (χ0) is 23.2. The second-order valence-corrected chi connectivity index (χ2v) is 8.01. The fraction of sp³-hybridized carbons (Fsp3) is 0.154. The van der Waals surface area contributed by atoms with Gasteiger partial charge in [0.25, 0.3) is 0 Å². The van der Waals surface area contributed by atoms with Gasteiger partial charge in [-0.05, 0) is 29.3 Å². The SMILES string of the molecule is CC(=O)Nc1cc(OCc2cccc(OCc3ccccc3)c2)c2cc(C(=O)CBr)oc2c1. The van der Waals surface area contributed by atoms with Crippen LogP contribution in [-0.4, -0.2) is 17.0 Å². The fourth-order valence-electron chi connectivity index (χ4n) is 3.33. The molecule has 0 aliphatic rings. The lowest BCUT2D eigenvalue weighted by Crippen LogP contribution is -2.06. The van der Waals surface area contributed by atoms with Gasteiger partial charge in [-0.25, -0.2) is 0 Å². The number of ketones is 1. The lowest BCUT2D eigenvalue weighted by Gasteiger charge is -2.11. The lowest BCUT2D eigenvalue weighted by molar-refractivity contribution is -0.114. The fourth-order valence-corrected chi connectivity index (χ4v) is 3.61. The Kier molecular flexibility index (Phi) is 7.10. The summed E-state index contributed by atoms with van der Waals surface area (Å²) in [4.78, 5) is 23.6. The molecule has 7 heteroatoms. The standard InChI is InChI=1S/C26H22BrNO5/c1-17(29)28-20-11-24(22-13-26(23(30)14-27)33-25(22)12-20)32-16-19-8-5-9-21(10-19)31-15-18-6-3-2-4-7-18/h2-13H,14-16H2,1H3,(H,28,29). The van der Waals surface area contributed by atoms with Crippen LogP contribution in [0.25, 0.3) is 11.0 Å². The van der Waals surface area contributed by atoms with E-state index in [-0.39, 0.29) is 29.4 Å². The summed E-state index contributed by atoms with van der Waals surface area (Å²) >= 11 is 3.16. The van der Waals surface area contributed by atoms with Crippen LogP contribution in [0.15, 0.2) is 77.2 Å². The van der Waals surface area contributed by atoms with Crippen molar-refractivity contribution in [1.29, 1.82) is 0 Å². The quantitative estimate of drug-likeness (QED) is 0.218. The first-order valence-corrected chi connectivity index (χ1v) is 11.5. The summed E-state index contributed by atoms with van der Waals surface area (Å²) in [7, 11) is 0. The predicted octanol–water partition coefficient (Wildman–Crippen LogP) is 6.13. The van der Waals surface area contributed by atoms with Gasteiger partial charge in [0, 0.05) is 24.7 Å². The van der Waals surface area contributed by atoms with Gasteiger partial charge < -0.3 is 19.2 Å². The summed E-state index contributed by atoms with van der Waals surface area (Å²) in [6.07, 6.45) is 0. The van der Waals surface area contributed by atoms with Gasteiger partial charge in [-0.2, -0.15) is 0 Å². The Bertz CT molecular complexity index is 1280. The van der Waals surface area contributed by atoms with E-state index in [1.165, 1.54) is 6.92 Å². The number of furan rings is 1. The molecule has 1 amide bonds. The molecule has 0 saturated heterocycles. The molecule has 1 N–H and O–H groups in total. The van der Waals surface area contributed by atoms with Crippen molar-refractivity contribution in [2.24, 2.45) is 0 Å². The number of carbonyl (C=O) groups excluding carboxylic acids is 2. The number of alkyl halides is 1. The van der Waals surface area contributed by atoms with E-state index in [4.69, 9.17) is 13.9 Å². The van der Waals surface area contributed by atoms with Crippen LogP contribution in [-0.2, 0) is 18.0 Å². The van der Waals surface area contributed by atoms with Gasteiger partial charge >= 0.3 is 0 Å². The van der Waals surface area contributed by atoms with E-state index in [2.05, 4.69) is 21.2 Å². The molecule has 4 aromatic rings. The third-order valence-corrected chi connectivity index (χ3v) is 5.37. The largest absolute Gasteiger partial charge is 0.489 e. The molecular formula is C26H22BrNO5. The minimum absolute atomic E-state index is 0.150. The van der Waals surface area contributed by atoms with Crippen LogP contribution in [0, 0.1) is 0 Å². The van der Waals surface area contributed by atoms with E-state index >= 15 is 0 Å². The maximum Gasteiger partial charge on any atom is 0.221 e. The highest BCUT2D eigenvalue weighted by Crippen LogP contribution is 2.34. The molecule has 6 nitrogen and oxygen atoms in total. The number of nitrogens with one attached hydrogen (secondary N) is 1. The zero-order valence-electron chi connectivity index (χ0n) is 18.0. The number of amides is 1. The Morgan fingerprint density at radius 3 is 2.42 bits per heavy atom. The zero-order valence-corrected chi connectivity index (χ0v) is 19.6. The summed E-state index contributed by atoms with van der Waals surface area (Å²) in [6.45, 7) is 2.17. The molecule has 4 rings (SSSR count). The maximum atomic E-state index is 12.1. The number of hydrogen-bond acceptors (Lipinski definition) is 5. The van der Waals surface area contributed by atoms with Crippen molar-refractivity contribution in [1.82, 2.24) is 0 Å². The number of halogens is 1. The van der Waals surface area contributed by atoms with Gasteiger partial charge in [0.1, 0.15) is 30.3 Å². The summed E-state index contributed by atoms with van der Waals surface area (Å²) in [5.41, 5.74) is 2.99. The topological polar surface area (TPSA) is 77.8 Å². The van der Waals surface area contributed by atoms with Gasteiger partial charge in [0.2, 0.25) is 11.7 Å². The Morgan fingerprint density at radius 1 is 0.909 bits per heavy atom. The Balaban J connectivity index is 1.53. The van der Waals surface area contributed by atoms with E-state index in [9.17, 15) is 9.59 Å². The van der Waals surface area contributed by atoms with Crippen LogP contribution in [0.2, 0.25) is 0 Å². The third-order valence-electron chi connectivity index (χ3n) is 4.86. The third kappa shape index (κ3) is 5.81. The van der Waals surface area contributed by atoms with Gasteiger partial charge in [-0.1, -0.05) is 58.4 Å². The minimum atomic E-state index is -0.216. The Morgan fingerprint density at radius 2 is 1.67 bits per heavy atom. The molecule has 0 radical (unpaired) electrons. The molecule has 1 heterocycles. The van der Waals surface area contributed by atoms with Crippen molar-refractivity contribution >= 4 is 44.3 Å². The van der Waals surface area contributed by atoms with Crippen molar-refractivity contribution in [3.8, 4) is 11.5 Å². The molecule has 0 aliphatic carbocycles. The van der Waals surface area contributed by atoms with Crippen molar-refractivity contribution in [3.63, 3.8) is 0 Å². The summed E-state index contributed by atoms with van der Waals surface area (Å²) in [5.74, 6) is 1.08. The second-order valence-electron chi connectivity index (χ2n) is 7.45. The Hall–Kier alpha value is -3.58. The normalized spacial score (nSPS) is 10.7. The summed E-state index contributed by atoms with van der Waals surface area (Å²) in [6, 6.07) is 22.7. The number of fused-ring (bicyclic) bond motifs is 1. The van der Waals surface area contributed by atoms with Gasteiger partial charge in [-0.15, -0.1) is 0 Å². The van der Waals surface area contributed by atoms with Crippen LogP contribution < -0.4 is 14.8 Å². The Labute approximate surface area is 199 Å².